The van der Waals surface area contributed by atoms with Gasteiger partial charge in [0.1, 0.15) is 0 Å². The number of carbonyl (C=O) groups is 1. The average Bonchev–Trinajstić information content (AvgIpc) is 2.14. The summed E-state index contributed by atoms with van der Waals surface area (Å²) in [6.45, 7) is -0.463. The van der Waals surface area contributed by atoms with E-state index in [1.807, 2.05) is 0 Å². The summed E-state index contributed by atoms with van der Waals surface area (Å²) in [5.74, 6) is -0.843. The number of carbonyl (C=O) groups excluding carboxylic acids is 1. The summed E-state index contributed by atoms with van der Waals surface area (Å²) in [7, 11) is 0. The van der Waals surface area contributed by atoms with Crippen molar-refractivity contribution in [1.82, 2.24) is 0 Å². The zero-order valence-corrected chi connectivity index (χ0v) is 8.69. The third kappa shape index (κ3) is 1.29. The van der Waals surface area contributed by atoms with Gasteiger partial charge in [-0.3, -0.25) is 0 Å². The fourth-order valence-electron chi connectivity index (χ4n) is 0.869. The van der Waals surface area contributed by atoms with Crippen LogP contribution in [0.4, 0.5) is 0 Å². The van der Waals surface area contributed by atoms with Crippen LogP contribution in [0.15, 0.2) is 0 Å². The molecule has 0 bridgehead atoms. The quantitative estimate of drug-likeness (QED) is 0.317. The van der Waals surface area contributed by atoms with E-state index >= 15 is 0 Å². The van der Waals surface area contributed by atoms with E-state index in [1.54, 1.807) is 0 Å². The molecule has 0 unspecified atom stereocenters. The second-order valence-electron chi connectivity index (χ2n) is 2.50. The molecule has 5 nitrogen and oxygen atoms in total. The molecule has 0 aliphatic carbocycles. The van der Waals surface area contributed by atoms with Crippen LogP contribution in [0, 0.1) is 0 Å². The normalized spacial score (nSPS) is 44.2. The summed E-state index contributed by atoms with van der Waals surface area (Å²) in [6.07, 6.45) is -2.26. The molecule has 6 heteroatoms. The first-order valence-electron chi connectivity index (χ1n) is 3.08. The van der Waals surface area contributed by atoms with Gasteiger partial charge in [-0.2, -0.15) is 0 Å². The first-order valence-corrected chi connectivity index (χ1v) is 4.56. The Bertz CT molecular complexity index is 180. The summed E-state index contributed by atoms with van der Waals surface area (Å²) >= 11 is 0.198. The molecule has 1 aliphatic heterocycles. The first-order chi connectivity index (χ1) is 5.00. The van der Waals surface area contributed by atoms with E-state index in [9.17, 15) is 9.90 Å². The summed E-state index contributed by atoms with van der Waals surface area (Å²) in [5.41, 5.74) is 0. The Kier molecular flexibility index (Phi) is 2.24. The molecule has 3 N–H and O–H groups in total. The Morgan fingerprint density at radius 3 is 2.45 bits per heavy atom. The standard InChI is InChI=1S/C5H9GeO5/c6-5(10)3(8)2(1-7)11-4(5)9/h2-3,7-8,10H,1,6H2/t2-,3+,5+/m1/s1. The molecule has 1 heterocycles. The third-order valence-corrected chi connectivity index (χ3v) is 3.12. The van der Waals surface area contributed by atoms with Gasteiger partial charge >= 0.3 is 70.6 Å². The van der Waals surface area contributed by atoms with Crippen molar-refractivity contribution in [2.24, 2.45) is 0 Å². The molecule has 1 aliphatic rings. The molecule has 0 saturated carbocycles. The molecule has 0 aromatic rings. The topological polar surface area (TPSA) is 87.0 Å². The van der Waals surface area contributed by atoms with E-state index in [2.05, 4.69) is 4.74 Å². The van der Waals surface area contributed by atoms with Crippen LogP contribution in [-0.2, 0) is 9.53 Å². The number of esters is 1. The Hall–Kier alpha value is -0.107. The van der Waals surface area contributed by atoms with Gasteiger partial charge in [0.2, 0.25) is 0 Å². The predicted octanol–water partition coefficient (Wildman–Crippen LogP) is -3.41. The maximum atomic E-state index is 10.8. The second-order valence-corrected chi connectivity index (χ2v) is 4.76. The molecule has 1 fully saturated rings. The molecule has 63 valence electrons. The molecular weight excluding hydrogens is 213 g/mol. The Morgan fingerprint density at radius 2 is 2.27 bits per heavy atom. The molecule has 11 heavy (non-hydrogen) atoms. The minimum atomic E-state index is -1.76. The number of aliphatic hydroxyl groups excluding tert-OH is 2. The maximum absolute atomic E-state index is 10.8. The van der Waals surface area contributed by atoms with Gasteiger partial charge in [0.05, 0.1) is 0 Å². The van der Waals surface area contributed by atoms with Crippen LogP contribution in [0.1, 0.15) is 0 Å². The van der Waals surface area contributed by atoms with Crippen molar-refractivity contribution in [2.45, 2.75) is 16.6 Å². The third-order valence-electron chi connectivity index (χ3n) is 1.63. The molecule has 3 atom stereocenters. The van der Waals surface area contributed by atoms with Gasteiger partial charge in [0, 0.05) is 0 Å². The van der Waals surface area contributed by atoms with Crippen LogP contribution in [0.2, 0.25) is 0 Å². The summed E-state index contributed by atoms with van der Waals surface area (Å²) in [6, 6.07) is 0. The van der Waals surface area contributed by atoms with Crippen LogP contribution >= 0.6 is 0 Å². The van der Waals surface area contributed by atoms with Crippen molar-refractivity contribution in [3.63, 3.8) is 0 Å². The van der Waals surface area contributed by atoms with Crippen molar-refractivity contribution in [3.05, 3.63) is 0 Å². The van der Waals surface area contributed by atoms with Gasteiger partial charge in [-0.05, 0) is 0 Å². The van der Waals surface area contributed by atoms with Gasteiger partial charge in [-0.1, -0.05) is 0 Å². The van der Waals surface area contributed by atoms with Crippen LogP contribution in [0.5, 0.6) is 0 Å². The fraction of sp³-hybridized carbons (Fsp3) is 0.800. The van der Waals surface area contributed by atoms with Gasteiger partial charge in [0.15, 0.2) is 0 Å². The summed E-state index contributed by atoms with van der Waals surface area (Å²) in [4.78, 5) is 10.8. The molecule has 0 aromatic heterocycles. The number of hydrogen-bond donors (Lipinski definition) is 3. The Balaban J connectivity index is 2.80. The van der Waals surface area contributed by atoms with E-state index in [1.165, 1.54) is 0 Å². The predicted molar refractivity (Wildman–Crippen MR) is 36.5 cm³/mol. The molecular formula is C5H9GeO5. The van der Waals surface area contributed by atoms with Crippen LogP contribution in [0.3, 0.4) is 0 Å². The molecule has 0 amide bonds. The SMILES string of the molecule is O=C1O[C@H](CO)[C@H](O)[C@@]1(O)[GeH2]. The number of ether oxygens (including phenoxy) is 1. The van der Waals surface area contributed by atoms with Gasteiger partial charge in [0.25, 0.3) is 0 Å². The first kappa shape index (κ1) is 8.98. The van der Waals surface area contributed by atoms with E-state index in [4.69, 9.17) is 10.2 Å². The van der Waals surface area contributed by atoms with Crippen molar-refractivity contribution >= 4 is 22.5 Å². The summed E-state index contributed by atoms with van der Waals surface area (Å²) in [5, 5.41) is 27.0. The molecule has 1 saturated heterocycles. The Morgan fingerprint density at radius 1 is 1.73 bits per heavy atom. The molecule has 1 radical (unpaired) electrons. The van der Waals surface area contributed by atoms with Crippen molar-refractivity contribution < 1.29 is 24.9 Å². The number of cyclic esters (lactones) is 1. The number of aliphatic hydroxyl groups is 3. The number of hydrogen-bond acceptors (Lipinski definition) is 5. The fourth-order valence-corrected chi connectivity index (χ4v) is 1.60. The monoisotopic (exact) mass is 223 g/mol. The van der Waals surface area contributed by atoms with Crippen molar-refractivity contribution in [2.75, 3.05) is 6.61 Å². The van der Waals surface area contributed by atoms with Crippen molar-refractivity contribution in [1.29, 1.82) is 0 Å². The van der Waals surface area contributed by atoms with E-state index in [0.29, 0.717) is 0 Å². The average molecular weight is 222 g/mol. The van der Waals surface area contributed by atoms with E-state index in [-0.39, 0.29) is 16.5 Å². The minimum absolute atomic E-state index is 0.198. The van der Waals surface area contributed by atoms with Crippen LogP contribution in [-0.4, -0.2) is 61.1 Å². The van der Waals surface area contributed by atoms with E-state index in [0.717, 1.165) is 0 Å². The second kappa shape index (κ2) is 2.74. The zero-order chi connectivity index (χ0) is 8.65. The molecule has 1 rings (SSSR count). The number of rotatable bonds is 1. The summed E-state index contributed by atoms with van der Waals surface area (Å²) < 4.78 is 2.72. The van der Waals surface area contributed by atoms with Gasteiger partial charge in [-0.15, -0.1) is 0 Å². The van der Waals surface area contributed by atoms with Gasteiger partial charge in [-0.25, -0.2) is 0 Å². The van der Waals surface area contributed by atoms with Crippen LogP contribution < -0.4 is 0 Å². The van der Waals surface area contributed by atoms with Crippen LogP contribution in [0.25, 0.3) is 0 Å². The van der Waals surface area contributed by atoms with Crippen molar-refractivity contribution in [3.8, 4) is 0 Å². The Labute approximate surface area is 71.2 Å². The molecule has 0 aromatic carbocycles. The van der Waals surface area contributed by atoms with E-state index < -0.39 is 29.2 Å². The zero-order valence-electron chi connectivity index (χ0n) is 5.73. The van der Waals surface area contributed by atoms with Gasteiger partial charge < -0.3 is 0 Å². The molecule has 0 spiro atoms.